The van der Waals surface area contributed by atoms with E-state index in [0.29, 0.717) is 15.8 Å². The van der Waals surface area contributed by atoms with Crippen molar-refractivity contribution in [1.82, 2.24) is 30.6 Å². The molecular weight excluding hydrogens is 447 g/mol. The van der Waals surface area contributed by atoms with Crippen LogP contribution >= 0.6 is 23.2 Å². The Morgan fingerprint density at radius 3 is 2.71 bits per heavy atom. The number of carbonyl (C=O) groups is 2. The SMILES string of the molecule is Cc1cc(Cl)ccc1OC(C)C(=O)NCCNC(=O)c1nc(Cn2cc(Cl)cn2)no1. The van der Waals surface area contributed by atoms with Gasteiger partial charge in [-0.15, -0.1) is 0 Å². The first kappa shape index (κ1) is 22.6. The maximum Gasteiger partial charge on any atom is 0.316 e. The highest BCUT2D eigenvalue weighted by Crippen LogP contribution is 2.22. The van der Waals surface area contributed by atoms with Crippen LogP contribution in [0.15, 0.2) is 35.1 Å². The molecule has 1 aromatic carbocycles. The number of nitrogens with zero attached hydrogens (tertiary/aromatic N) is 4. The van der Waals surface area contributed by atoms with Crippen molar-refractivity contribution in [2.75, 3.05) is 13.1 Å². The smallest absolute Gasteiger partial charge is 0.316 e. The number of amides is 2. The van der Waals surface area contributed by atoms with Crippen molar-refractivity contribution >= 4 is 35.0 Å². The predicted molar refractivity (Wildman–Crippen MR) is 112 cm³/mol. The van der Waals surface area contributed by atoms with Gasteiger partial charge in [-0.05, 0) is 37.6 Å². The second-order valence-corrected chi connectivity index (χ2v) is 7.46. The largest absolute Gasteiger partial charge is 0.481 e. The molecule has 0 radical (unpaired) electrons. The van der Waals surface area contributed by atoms with Gasteiger partial charge in [-0.3, -0.25) is 14.3 Å². The summed E-state index contributed by atoms with van der Waals surface area (Å²) in [7, 11) is 0. The van der Waals surface area contributed by atoms with E-state index in [9.17, 15) is 9.59 Å². The van der Waals surface area contributed by atoms with Gasteiger partial charge in [0.25, 0.3) is 5.91 Å². The van der Waals surface area contributed by atoms with E-state index in [0.717, 1.165) is 5.56 Å². The monoisotopic (exact) mass is 466 g/mol. The predicted octanol–water partition coefficient (Wildman–Crippen LogP) is 2.24. The van der Waals surface area contributed by atoms with Crippen LogP contribution in [0.2, 0.25) is 10.0 Å². The van der Waals surface area contributed by atoms with Gasteiger partial charge in [-0.2, -0.15) is 10.1 Å². The molecule has 0 saturated heterocycles. The van der Waals surface area contributed by atoms with Gasteiger partial charge in [0.1, 0.15) is 12.3 Å². The Bertz CT molecular complexity index is 1070. The van der Waals surface area contributed by atoms with Crippen LogP contribution in [0.25, 0.3) is 0 Å². The molecule has 1 atom stereocenters. The number of aromatic nitrogens is 4. The van der Waals surface area contributed by atoms with Crippen LogP contribution in [0.4, 0.5) is 0 Å². The average molecular weight is 467 g/mol. The van der Waals surface area contributed by atoms with E-state index in [1.807, 2.05) is 6.92 Å². The summed E-state index contributed by atoms with van der Waals surface area (Å²) in [5.74, 6) is -0.199. The third-order valence-electron chi connectivity index (χ3n) is 4.09. The summed E-state index contributed by atoms with van der Waals surface area (Å²) in [6.45, 7) is 4.06. The zero-order valence-electron chi connectivity index (χ0n) is 16.8. The molecule has 2 amide bonds. The first-order chi connectivity index (χ1) is 14.8. The number of benzene rings is 1. The summed E-state index contributed by atoms with van der Waals surface area (Å²) in [5.41, 5.74) is 0.828. The van der Waals surface area contributed by atoms with E-state index in [1.165, 1.54) is 10.9 Å². The standard InChI is InChI=1S/C19H20Cl2N6O4/c1-11-7-13(20)3-4-15(11)30-12(2)17(28)22-5-6-23-18(29)19-25-16(26-31-19)10-27-9-14(21)8-24-27/h3-4,7-9,12H,5-6,10H2,1-2H3,(H,22,28)(H,23,29). The first-order valence-electron chi connectivity index (χ1n) is 9.31. The number of halogens is 2. The third-order valence-corrected chi connectivity index (χ3v) is 4.52. The molecule has 0 saturated carbocycles. The van der Waals surface area contributed by atoms with Crippen LogP contribution in [-0.2, 0) is 11.3 Å². The molecule has 12 heteroatoms. The summed E-state index contributed by atoms with van der Waals surface area (Å²) < 4.78 is 12.1. The van der Waals surface area contributed by atoms with E-state index >= 15 is 0 Å². The van der Waals surface area contributed by atoms with Crippen LogP contribution in [0, 0.1) is 6.92 Å². The molecule has 0 aliphatic carbocycles. The second-order valence-electron chi connectivity index (χ2n) is 6.59. The Labute approximate surface area is 187 Å². The fraction of sp³-hybridized carbons (Fsp3) is 0.316. The molecule has 2 N–H and O–H groups in total. The summed E-state index contributed by atoms with van der Waals surface area (Å²) in [6, 6.07) is 5.16. The molecule has 0 aliphatic rings. The number of ether oxygens (including phenoxy) is 1. The van der Waals surface area contributed by atoms with Gasteiger partial charge >= 0.3 is 11.8 Å². The minimum atomic E-state index is -0.718. The van der Waals surface area contributed by atoms with Gasteiger partial charge in [0.2, 0.25) is 0 Å². The Balaban J connectivity index is 1.39. The fourth-order valence-electron chi connectivity index (χ4n) is 2.55. The lowest BCUT2D eigenvalue weighted by molar-refractivity contribution is -0.127. The molecule has 164 valence electrons. The molecule has 10 nitrogen and oxygen atoms in total. The van der Waals surface area contributed by atoms with Crippen molar-refractivity contribution in [3.8, 4) is 5.75 Å². The lowest BCUT2D eigenvalue weighted by Crippen LogP contribution is -2.40. The van der Waals surface area contributed by atoms with Crippen molar-refractivity contribution in [1.29, 1.82) is 0 Å². The van der Waals surface area contributed by atoms with Crippen LogP contribution in [0.3, 0.4) is 0 Å². The summed E-state index contributed by atoms with van der Waals surface area (Å²) >= 11 is 11.7. The quantitative estimate of drug-likeness (QED) is 0.463. The highest BCUT2D eigenvalue weighted by molar-refractivity contribution is 6.30. The van der Waals surface area contributed by atoms with Gasteiger partial charge in [-0.25, -0.2) is 0 Å². The molecule has 2 aromatic heterocycles. The highest BCUT2D eigenvalue weighted by Gasteiger charge is 2.17. The fourth-order valence-corrected chi connectivity index (χ4v) is 2.93. The Morgan fingerprint density at radius 2 is 2.00 bits per heavy atom. The van der Waals surface area contributed by atoms with Crippen LogP contribution in [0.5, 0.6) is 5.75 Å². The molecule has 1 unspecified atom stereocenters. The zero-order valence-corrected chi connectivity index (χ0v) is 18.3. The topological polar surface area (TPSA) is 124 Å². The molecule has 0 aliphatic heterocycles. The third kappa shape index (κ3) is 6.43. The van der Waals surface area contributed by atoms with E-state index in [4.69, 9.17) is 32.5 Å². The number of hydrogen-bond acceptors (Lipinski definition) is 7. The summed E-state index contributed by atoms with van der Waals surface area (Å²) in [4.78, 5) is 28.3. The molecule has 3 rings (SSSR count). The minimum absolute atomic E-state index is 0.170. The van der Waals surface area contributed by atoms with Crippen molar-refractivity contribution in [2.24, 2.45) is 0 Å². The van der Waals surface area contributed by atoms with Gasteiger partial charge in [0.15, 0.2) is 11.9 Å². The van der Waals surface area contributed by atoms with Crippen LogP contribution in [-0.4, -0.2) is 50.9 Å². The minimum Gasteiger partial charge on any atom is -0.481 e. The Morgan fingerprint density at radius 1 is 1.23 bits per heavy atom. The number of carbonyl (C=O) groups excluding carboxylic acids is 2. The number of nitrogens with one attached hydrogen (secondary N) is 2. The van der Waals surface area contributed by atoms with E-state index in [2.05, 4.69) is 25.9 Å². The maximum atomic E-state index is 12.2. The first-order valence-corrected chi connectivity index (χ1v) is 10.1. The molecule has 31 heavy (non-hydrogen) atoms. The molecule has 0 fully saturated rings. The van der Waals surface area contributed by atoms with E-state index in [1.54, 1.807) is 31.3 Å². The molecular formula is C19H20Cl2N6O4. The normalized spacial score (nSPS) is 11.7. The molecule has 0 bridgehead atoms. The summed E-state index contributed by atoms with van der Waals surface area (Å²) in [5, 5.41) is 14.1. The van der Waals surface area contributed by atoms with Crippen LogP contribution in [0.1, 0.15) is 29.0 Å². The van der Waals surface area contributed by atoms with E-state index in [-0.39, 0.29) is 37.3 Å². The Kier molecular flexibility index (Phi) is 7.48. The van der Waals surface area contributed by atoms with Gasteiger partial charge in [0.05, 0.1) is 11.2 Å². The summed E-state index contributed by atoms with van der Waals surface area (Å²) in [6.07, 6.45) is 2.36. The molecule has 2 heterocycles. The lowest BCUT2D eigenvalue weighted by atomic mass is 10.2. The zero-order chi connectivity index (χ0) is 22.4. The van der Waals surface area contributed by atoms with Crippen molar-refractivity contribution in [3.05, 3.63) is 57.9 Å². The van der Waals surface area contributed by atoms with Gasteiger partial charge in [0, 0.05) is 24.3 Å². The van der Waals surface area contributed by atoms with Crippen molar-refractivity contribution in [3.63, 3.8) is 0 Å². The van der Waals surface area contributed by atoms with Gasteiger partial charge in [-0.1, -0.05) is 28.4 Å². The molecule has 0 spiro atoms. The number of rotatable bonds is 9. The van der Waals surface area contributed by atoms with Crippen molar-refractivity contribution < 1.29 is 18.8 Å². The highest BCUT2D eigenvalue weighted by atomic mass is 35.5. The average Bonchev–Trinajstić information content (AvgIpc) is 3.36. The molecule has 3 aromatic rings. The number of hydrogen-bond donors (Lipinski definition) is 2. The lowest BCUT2D eigenvalue weighted by Gasteiger charge is -2.16. The van der Waals surface area contributed by atoms with Gasteiger partial charge < -0.3 is 19.9 Å². The van der Waals surface area contributed by atoms with Crippen LogP contribution < -0.4 is 15.4 Å². The second kappa shape index (κ2) is 10.3. The van der Waals surface area contributed by atoms with E-state index < -0.39 is 12.0 Å². The Hall–Kier alpha value is -3.11. The number of aryl methyl sites for hydroxylation is 1. The van der Waals surface area contributed by atoms with Crippen molar-refractivity contribution in [2.45, 2.75) is 26.5 Å². The maximum absolute atomic E-state index is 12.2.